The van der Waals surface area contributed by atoms with E-state index in [9.17, 15) is 9.18 Å². The lowest BCUT2D eigenvalue weighted by molar-refractivity contribution is 0.215. The average molecular weight is 294 g/mol. The maximum absolute atomic E-state index is 13.5. The second-order valence-corrected chi connectivity index (χ2v) is 5.04. The van der Waals surface area contributed by atoms with Crippen molar-refractivity contribution in [2.24, 2.45) is 0 Å². The molecule has 4 nitrogen and oxygen atoms in total. The van der Waals surface area contributed by atoms with E-state index in [1.807, 2.05) is 6.26 Å². The van der Waals surface area contributed by atoms with Gasteiger partial charge in [0.05, 0.1) is 12.0 Å². The molecule has 6 heteroatoms. The Bertz CT molecular complexity index is 574. The zero-order valence-electron chi connectivity index (χ0n) is 11.2. The van der Waals surface area contributed by atoms with Crippen LogP contribution in [0.25, 0.3) is 0 Å². The van der Waals surface area contributed by atoms with Crippen LogP contribution >= 0.6 is 11.8 Å². The lowest BCUT2D eigenvalue weighted by Crippen LogP contribution is -2.33. The topological polar surface area (TPSA) is 45.5 Å². The van der Waals surface area contributed by atoms with Gasteiger partial charge in [-0.05, 0) is 30.5 Å². The van der Waals surface area contributed by atoms with Gasteiger partial charge < -0.3 is 14.6 Å². The number of nitrogens with zero attached hydrogens (tertiary/aromatic N) is 1. The maximum atomic E-state index is 13.5. The van der Waals surface area contributed by atoms with Gasteiger partial charge >= 0.3 is 6.03 Å². The summed E-state index contributed by atoms with van der Waals surface area (Å²) in [6.07, 6.45) is 3.43. The van der Waals surface area contributed by atoms with Crippen molar-refractivity contribution in [1.29, 1.82) is 0 Å². The Balaban J connectivity index is 2.10. The van der Waals surface area contributed by atoms with Crippen molar-refractivity contribution in [3.05, 3.63) is 54.2 Å². The normalized spacial score (nSPS) is 11.9. The molecule has 1 heterocycles. The van der Waals surface area contributed by atoms with Crippen molar-refractivity contribution in [1.82, 2.24) is 4.90 Å². The minimum Gasteiger partial charge on any atom is -0.466 e. The summed E-state index contributed by atoms with van der Waals surface area (Å²) in [6, 6.07) is 9.22. The molecule has 0 fully saturated rings. The number of carbonyl (C=O) groups is 1. The van der Waals surface area contributed by atoms with E-state index in [4.69, 9.17) is 4.42 Å². The van der Waals surface area contributed by atoms with Crippen LogP contribution in [-0.4, -0.2) is 24.2 Å². The predicted molar refractivity (Wildman–Crippen MR) is 78.1 cm³/mol. The molecule has 0 radical (unpaired) electrons. The molecule has 1 atom stereocenters. The number of hydrogen-bond donors (Lipinski definition) is 1. The molecule has 1 unspecified atom stereocenters. The number of thioether (sulfide) groups is 1. The van der Waals surface area contributed by atoms with E-state index in [1.165, 1.54) is 28.8 Å². The molecule has 1 N–H and O–H groups in total. The molecule has 0 saturated carbocycles. The minimum absolute atomic E-state index is 0.156. The molecule has 2 aromatic rings. The zero-order chi connectivity index (χ0) is 14.5. The third-order valence-electron chi connectivity index (χ3n) is 2.80. The highest BCUT2D eigenvalue weighted by molar-refractivity contribution is 7.98. The molecule has 1 aromatic heterocycles. The van der Waals surface area contributed by atoms with Crippen molar-refractivity contribution in [2.75, 3.05) is 18.6 Å². The molecule has 0 saturated heterocycles. The summed E-state index contributed by atoms with van der Waals surface area (Å²) in [5.41, 5.74) is 0.156. The first-order valence-electron chi connectivity index (χ1n) is 5.98. The fourth-order valence-electron chi connectivity index (χ4n) is 1.77. The summed E-state index contributed by atoms with van der Waals surface area (Å²) in [4.78, 5) is 13.6. The lowest BCUT2D eigenvalue weighted by atomic mass is 10.3. The van der Waals surface area contributed by atoms with Crippen LogP contribution in [0.1, 0.15) is 11.1 Å². The molecule has 0 bridgehead atoms. The van der Waals surface area contributed by atoms with Crippen molar-refractivity contribution in [2.45, 2.75) is 5.37 Å². The van der Waals surface area contributed by atoms with Gasteiger partial charge in [-0.15, -0.1) is 11.8 Å². The van der Waals surface area contributed by atoms with E-state index in [0.717, 1.165) is 0 Å². The van der Waals surface area contributed by atoms with Gasteiger partial charge in [0.1, 0.15) is 17.0 Å². The lowest BCUT2D eigenvalue weighted by Gasteiger charge is -2.25. The summed E-state index contributed by atoms with van der Waals surface area (Å²) in [7, 11) is 1.64. The highest BCUT2D eigenvalue weighted by Crippen LogP contribution is 2.30. The number of benzene rings is 1. The quantitative estimate of drug-likeness (QED) is 0.869. The van der Waals surface area contributed by atoms with E-state index in [-0.39, 0.29) is 11.1 Å². The Morgan fingerprint density at radius 2 is 2.10 bits per heavy atom. The van der Waals surface area contributed by atoms with Gasteiger partial charge in [0.25, 0.3) is 0 Å². The summed E-state index contributed by atoms with van der Waals surface area (Å²) >= 11 is 1.46. The first-order chi connectivity index (χ1) is 9.63. The SMILES string of the molecule is CSC(c1ccco1)N(C)C(=O)Nc1ccccc1F. The van der Waals surface area contributed by atoms with Crippen LogP contribution in [0.15, 0.2) is 47.1 Å². The Morgan fingerprint density at radius 3 is 2.70 bits per heavy atom. The number of halogens is 1. The number of furan rings is 1. The van der Waals surface area contributed by atoms with E-state index >= 15 is 0 Å². The Labute approximate surface area is 121 Å². The fourth-order valence-corrected chi connectivity index (χ4v) is 2.55. The van der Waals surface area contributed by atoms with Crippen LogP contribution in [0.5, 0.6) is 0 Å². The highest BCUT2D eigenvalue weighted by atomic mass is 32.2. The number of para-hydroxylation sites is 1. The second kappa shape index (κ2) is 6.47. The van der Waals surface area contributed by atoms with Gasteiger partial charge in [-0.25, -0.2) is 9.18 Å². The van der Waals surface area contributed by atoms with Crippen LogP contribution in [0.3, 0.4) is 0 Å². The van der Waals surface area contributed by atoms with Crippen LogP contribution < -0.4 is 5.32 Å². The Kier molecular flexibility index (Phi) is 4.68. The molecular formula is C14H15FN2O2S. The third-order valence-corrected chi connectivity index (χ3v) is 3.79. The Hall–Kier alpha value is -1.95. The first kappa shape index (κ1) is 14.5. The molecule has 0 spiro atoms. The monoisotopic (exact) mass is 294 g/mol. The second-order valence-electron chi connectivity index (χ2n) is 4.12. The van der Waals surface area contributed by atoms with Gasteiger partial charge in [0.2, 0.25) is 0 Å². The van der Waals surface area contributed by atoms with Crippen LogP contribution in [0.4, 0.5) is 14.9 Å². The molecule has 0 aliphatic heterocycles. The van der Waals surface area contributed by atoms with Crippen molar-refractivity contribution >= 4 is 23.5 Å². The molecule has 0 aliphatic carbocycles. The zero-order valence-corrected chi connectivity index (χ0v) is 12.0. The van der Waals surface area contributed by atoms with Crippen molar-refractivity contribution < 1.29 is 13.6 Å². The summed E-state index contributed by atoms with van der Waals surface area (Å²) in [6.45, 7) is 0. The number of anilines is 1. The maximum Gasteiger partial charge on any atom is 0.322 e. The minimum atomic E-state index is -0.465. The molecule has 2 rings (SSSR count). The molecule has 1 aromatic carbocycles. The van der Waals surface area contributed by atoms with E-state index in [1.54, 1.807) is 37.6 Å². The highest BCUT2D eigenvalue weighted by Gasteiger charge is 2.23. The molecule has 106 valence electrons. The number of nitrogens with one attached hydrogen (secondary N) is 1. The first-order valence-corrected chi connectivity index (χ1v) is 7.27. The number of amides is 2. The van der Waals surface area contributed by atoms with Gasteiger partial charge in [-0.3, -0.25) is 0 Å². The standard InChI is InChI=1S/C14H15FN2O2S/c1-17(13(20-2)12-8-5-9-19-12)14(18)16-11-7-4-3-6-10(11)15/h3-9,13H,1-2H3,(H,16,18). The van der Waals surface area contributed by atoms with Crippen LogP contribution in [-0.2, 0) is 0 Å². The molecule has 0 aliphatic rings. The van der Waals surface area contributed by atoms with Crippen molar-refractivity contribution in [3.8, 4) is 0 Å². The van der Waals surface area contributed by atoms with Crippen molar-refractivity contribution in [3.63, 3.8) is 0 Å². The van der Waals surface area contributed by atoms with Gasteiger partial charge in [0.15, 0.2) is 0 Å². The number of urea groups is 1. The molecular weight excluding hydrogens is 279 g/mol. The van der Waals surface area contributed by atoms with Crippen LogP contribution in [0.2, 0.25) is 0 Å². The average Bonchev–Trinajstić information content (AvgIpc) is 2.96. The third kappa shape index (κ3) is 3.14. The predicted octanol–water partition coefficient (Wildman–Crippen LogP) is 3.94. The summed E-state index contributed by atoms with van der Waals surface area (Å²) < 4.78 is 18.8. The van der Waals surface area contributed by atoms with Crippen LogP contribution in [0, 0.1) is 5.82 Å². The number of carbonyl (C=O) groups excluding carboxylic acids is 1. The van der Waals surface area contributed by atoms with E-state index in [2.05, 4.69) is 5.32 Å². The molecule has 20 heavy (non-hydrogen) atoms. The van der Waals surface area contributed by atoms with Gasteiger partial charge in [0, 0.05) is 7.05 Å². The van der Waals surface area contributed by atoms with Gasteiger partial charge in [-0.1, -0.05) is 12.1 Å². The summed E-state index contributed by atoms with van der Waals surface area (Å²) in [5, 5.41) is 2.28. The number of hydrogen-bond acceptors (Lipinski definition) is 3. The number of rotatable bonds is 4. The van der Waals surface area contributed by atoms with E-state index in [0.29, 0.717) is 5.76 Å². The smallest absolute Gasteiger partial charge is 0.322 e. The van der Waals surface area contributed by atoms with Gasteiger partial charge in [-0.2, -0.15) is 0 Å². The fraction of sp³-hybridized carbons (Fsp3) is 0.214. The summed E-state index contributed by atoms with van der Waals surface area (Å²) in [5.74, 6) is 0.205. The largest absolute Gasteiger partial charge is 0.466 e. The molecule has 2 amide bonds. The Morgan fingerprint density at radius 1 is 1.35 bits per heavy atom. The van der Waals surface area contributed by atoms with E-state index < -0.39 is 11.8 Å².